The molecule has 1 aliphatic carbocycles. The van der Waals surface area contributed by atoms with Crippen LogP contribution in [0.15, 0.2) is 0 Å². The molecular formula is C13H13Cl3N2O. The van der Waals surface area contributed by atoms with Gasteiger partial charge in [-0.1, -0.05) is 34.8 Å². The van der Waals surface area contributed by atoms with E-state index in [1.165, 1.54) is 6.42 Å². The molecule has 0 saturated heterocycles. The fourth-order valence-corrected chi connectivity index (χ4v) is 3.31. The molecule has 3 nitrogen and oxygen atoms in total. The maximum Gasteiger partial charge on any atom is 0.165 e. The van der Waals surface area contributed by atoms with Crippen molar-refractivity contribution >= 4 is 45.8 Å². The Morgan fingerprint density at radius 2 is 1.84 bits per heavy atom. The fourth-order valence-electron chi connectivity index (χ4n) is 2.60. The second-order valence-corrected chi connectivity index (χ2v) is 5.92. The van der Waals surface area contributed by atoms with Gasteiger partial charge >= 0.3 is 0 Å². The summed E-state index contributed by atoms with van der Waals surface area (Å²) in [5, 5.41) is 1.04. The van der Waals surface area contributed by atoms with Crippen molar-refractivity contribution in [3.05, 3.63) is 20.9 Å². The van der Waals surface area contributed by atoms with Crippen molar-refractivity contribution in [2.24, 2.45) is 0 Å². The average molecular weight is 320 g/mol. The van der Waals surface area contributed by atoms with E-state index < -0.39 is 0 Å². The Kier molecular flexibility index (Phi) is 3.32. The molecule has 0 amide bonds. The highest BCUT2D eigenvalue weighted by Gasteiger charge is 2.28. The molecule has 1 aromatic carbocycles. The van der Waals surface area contributed by atoms with Crippen molar-refractivity contribution in [3.63, 3.8) is 0 Å². The van der Waals surface area contributed by atoms with Crippen molar-refractivity contribution in [1.29, 1.82) is 0 Å². The minimum absolute atomic E-state index is 0.297. The Morgan fingerprint density at radius 3 is 2.37 bits per heavy atom. The number of aryl methyl sites for hydroxylation is 1. The van der Waals surface area contributed by atoms with Crippen molar-refractivity contribution in [1.82, 2.24) is 9.55 Å². The lowest BCUT2D eigenvalue weighted by Gasteiger charge is -2.29. The van der Waals surface area contributed by atoms with Crippen molar-refractivity contribution in [2.45, 2.75) is 32.2 Å². The van der Waals surface area contributed by atoms with Crippen LogP contribution in [0.3, 0.4) is 0 Å². The number of methoxy groups -OCH3 is 1. The van der Waals surface area contributed by atoms with E-state index in [-0.39, 0.29) is 0 Å². The van der Waals surface area contributed by atoms with Crippen LogP contribution in [0, 0.1) is 6.92 Å². The first kappa shape index (κ1) is 13.3. The lowest BCUT2D eigenvalue weighted by Crippen LogP contribution is -2.18. The monoisotopic (exact) mass is 318 g/mol. The maximum absolute atomic E-state index is 6.26. The Hall–Kier alpha value is -0.640. The third-order valence-electron chi connectivity index (χ3n) is 3.74. The quantitative estimate of drug-likeness (QED) is 0.725. The minimum Gasteiger partial charge on any atom is -0.493 e. The van der Waals surface area contributed by atoms with Crippen LogP contribution in [-0.2, 0) is 0 Å². The van der Waals surface area contributed by atoms with Crippen LogP contribution >= 0.6 is 34.8 Å². The summed E-state index contributed by atoms with van der Waals surface area (Å²) < 4.78 is 7.60. The summed E-state index contributed by atoms with van der Waals surface area (Å²) in [7, 11) is 1.58. The number of rotatable bonds is 2. The third kappa shape index (κ3) is 1.83. The highest BCUT2D eigenvalue weighted by Crippen LogP contribution is 2.47. The molecule has 1 heterocycles. The van der Waals surface area contributed by atoms with Crippen LogP contribution in [0.2, 0.25) is 15.1 Å². The number of benzene rings is 1. The number of imidazole rings is 1. The Bertz CT molecular complexity index is 662. The van der Waals surface area contributed by atoms with Gasteiger partial charge < -0.3 is 9.30 Å². The molecule has 0 atom stereocenters. The van der Waals surface area contributed by atoms with Gasteiger partial charge in [-0.15, -0.1) is 0 Å². The standard InChI is InChI=1S/C13H13Cl3N2O/c1-6-17-11-9(15)8(14)10(16)13(19-2)12(11)18(6)7-4-3-5-7/h7H,3-5H2,1-2H3. The molecule has 2 aromatic rings. The number of ether oxygens (including phenoxy) is 1. The van der Waals surface area contributed by atoms with Crippen LogP contribution in [0.4, 0.5) is 0 Å². The molecule has 1 fully saturated rings. The molecule has 6 heteroatoms. The van der Waals surface area contributed by atoms with Gasteiger partial charge in [-0.2, -0.15) is 0 Å². The zero-order chi connectivity index (χ0) is 13.7. The predicted octanol–water partition coefficient (Wildman–Crippen LogP) is 5.04. The number of hydrogen-bond donors (Lipinski definition) is 0. The third-order valence-corrected chi connectivity index (χ3v) is 5.04. The van der Waals surface area contributed by atoms with E-state index in [9.17, 15) is 0 Å². The summed E-state index contributed by atoms with van der Waals surface area (Å²) in [6.45, 7) is 1.97. The molecule has 0 aliphatic heterocycles. The molecular weight excluding hydrogens is 307 g/mol. The largest absolute Gasteiger partial charge is 0.493 e. The van der Waals surface area contributed by atoms with Gasteiger partial charge in [0.05, 0.1) is 17.2 Å². The summed E-state index contributed by atoms with van der Waals surface area (Å²) in [5.41, 5.74) is 1.52. The van der Waals surface area contributed by atoms with Crippen LogP contribution in [-0.4, -0.2) is 16.7 Å². The predicted molar refractivity (Wildman–Crippen MR) is 78.9 cm³/mol. The molecule has 0 spiro atoms. The van der Waals surface area contributed by atoms with Gasteiger partial charge in [0.15, 0.2) is 5.75 Å². The van der Waals surface area contributed by atoms with E-state index in [4.69, 9.17) is 39.5 Å². The lowest BCUT2D eigenvalue weighted by molar-refractivity contribution is 0.313. The van der Waals surface area contributed by atoms with E-state index >= 15 is 0 Å². The Balaban J connectivity index is 2.41. The first-order valence-corrected chi connectivity index (χ1v) is 7.28. The van der Waals surface area contributed by atoms with E-state index in [1.807, 2.05) is 6.92 Å². The van der Waals surface area contributed by atoms with Crippen LogP contribution in [0.25, 0.3) is 11.0 Å². The zero-order valence-electron chi connectivity index (χ0n) is 10.6. The highest BCUT2D eigenvalue weighted by atomic mass is 35.5. The van der Waals surface area contributed by atoms with Crippen molar-refractivity contribution in [2.75, 3.05) is 7.11 Å². The minimum atomic E-state index is 0.297. The highest BCUT2D eigenvalue weighted by molar-refractivity contribution is 6.51. The molecule has 0 unspecified atom stereocenters. The Labute approximate surface area is 126 Å². The molecule has 1 aromatic heterocycles. The maximum atomic E-state index is 6.26. The second-order valence-electron chi connectivity index (χ2n) is 4.79. The molecule has 0 N–H and O–H groups in total. The van der Waals surface area contributed by atoms with Crippen molar-refractivity contribution < 1.29 is 4.74 Å². The van der Waals surface area contributed by atoms with Gasteiger partial charge in [-0.3, -0.25) is 0 Å². The molecule has 3 rings (SSSR count). The summed E-state index contributed by atoms with van der Waals surface area (Å²) in [4.78, 5) is 4.53. The van der Waals surface area contributed by atoms with E-state index in [0.717, 1.165) is 24.2 Å². The number of nitrogens with zero attached hydrogens (tertiary/aromatic N) is 2. The molecule has 0 radical (unpaired) electrons. The summed E-state index contributed by atoms with van der Waals surface area (Å²) >= 11 is 18.6. The number of fused-ring (bicyclic) bond motifs is 1. The fraction of sp³-hybridized carbons (Fsp3) is 0.462. The van der Waals surface area contributed by atoms with Gasteiger partial charge in [0.1, 0.15) is 21.9 Å². The number of aromatic nitrogens is 2. The topological polar surface area (TPSA) is 27.1 Å². The zero-order valence-corrected chi connectivity index (χ0v) is 12.9. The van der Waals surface area contributed by atoms with Crippen LogP contribution in [0.5, 0.6) is 5.75 Å². The van der Waals surface area contributed by atoms with Gasteiger partial charge in [-0.25, -0.2) is 4.98 Å². The van der Waals surface area contributed by atoms with Crippen LogP contribution in [0.1, 0.15) is 31.1 Å². The summed E-state index contributed by atoms with van der Waals surface area (Å²) in [6.07, 6.45) is 3.53. The number of hydrogen-bond acceptors (Lipinski definition) is 2. The molecule has 102 valence electrons. The SMILES string of the molecule is COc1c(Cl)c(Cl)c(Cl)c2nc(C)n(C3CCC3)c12. The van der Waals surface area contributed by atoms with Gasteiger partial charge in [0.25, 0.3) is 0 Å². The van der Waals surface area contributed by atoms with Gasteiger partial charge in [0, 0.05) is 6.04 Å². The van der Waals surface area contributed by atoms with E-state index in [0.29, 0.717) is 32.4 Å². The van der Waals surface area contributed by atoms with Crippen LogP contribution < -0.4 is 4.74 Å². The smallest absolute Gasteiger partial charge is 0.165 e. The first-order valence-electron chi connectivity index (χ1n) is 6.15. The van der Waals surface area contributed by atoms with Gasteiger partial charge in [-0.05, 0) is 26.2 Å². The number of halogens is 3. The first-order chi connectivity index (χ1) is 9.06. The Morgan fingerprint density at radius 1 is 1.16 bits per heavy atom. The molecule has 1 aliphatic rings. The lowest BCUT2D eigenvalue weighted by atomic mass is 9.92. The second kappa shape index (κ2) is 4.72. The van der Waals surface area contributed by atoms with E-state index in [2.05, 4.69) is 9.55 Å². The van der Waals surface area contributed by atoms with E-state index in [1.54, 1.807) is 7.11 Å². The molecule has 0 bridgehead atoms. The normalized spacial score (nSPS) is 15.8. The molecule has 19 heavy (non-hydrogen) atoms. The van der Waals surface area contributed by atoms with Gasteiger partial charge in [0.2, 0.25) is 0 Å². The van der Waals surface area contributed by atoms with Crippen molar-refractivity contribution in [3.8, 4) is 5.75 Å². The summed E-state index contributed by atoms with van der Waals surface area (Å²) in [6, 6.07) is 0.451. The summed E-state index contributed by atoms with van der Waals surface area (Å²) in [5.74, 6) is 1.47. The average Bonchev–Trinajstić information content (AvgIpc) is 2.64. The molecule has 1 saturated carbocycles.